The predicted molar refractivity (Wildman–Crippen MR) is 69.2 cm³/mol. The highest BCUT2D eigenvalue weighted by Crippen LogP contribution is 2.24. The third-order valence-electron chi connectivity index (χ3n) is 2.59. The normalized spacial score (nSPS) is 12.6. The molecule has 0 aliphatic heterocycles. The summed E-state index contributed by atoms with van der Waals surface area (Å²) in [6, 6.07) is -0.130. The molecule has 96 valence electrons. The predicted octanol–water partition coefficient (Wildman–Crippen LogP) is 1.57. The van der Waals surface area contributed by atoms with Crippen LogP contribution in [-0.2, 0) is 0 Å². The maximum Gasteiger partial charge on any atom is 0.338 e. The summed E-state index contributed by atoms with van der Waals surface area (Å²) in [6.45, 7) is 1.91. The first-order valence-electron chi connectivity index (χ1n) is 5.50. The van der Waals surface area contributed by atoms with E-state index >= 15 is 0 Å². The number of carboxylic acid groups (broad SMARTS) is 1. The number of rotatable bonds is 5. The highest BCUT2D eigenvalue weighted by molar-refractivity contribution is 7.17. The van der Waals surface area contributed by atoms with E-state index in [0.29, 0.717) is 11.5 Å². The number of aliphatic hydroxyl groups is 1. The molecule has 7 heteroatoms. The molecular formula is C11H13N3O3S. The van der Waals surface area contributed by atoms with E-state index in [4.69, 9.17) is 10.2 Å². The third-order valence-corrected chi connectivity index (χ3v) is 3.50. The average molecular weight is 267 g/mol. The van der Waals surface area contributed by atoms with E-state index in [1.807, 2.05) is 6.92 Å². The van der Waals surface area contributed by atoms with Crippen molar-refractivity contribution < 1.29 is 15.0 Å². The van der Waals surface area contributed by atoms with E-state index in [1.54, 1.807) is 11.6 Å². The number of carbonyl (C=O) groups is 1. The van der Waals surface area contributed by atoms with E-state index in [9.17, 15) is 4.79 Å². The van der Waals surface area contributed by atoms with Crippen LogP contribution >= 0.6 is 11.3 Å². The summed E-state index contributed by atoms with van der Waals surface area (Å²) in [5.41, 5.74) is 0.607. The van der Waals surface area contributed by atoms with Gasteiger partial charge in [-0.25, -0.2) is 14.8 Å². The van der Waals surface area contributed by atoms with Crippen molar-refractivity contribution in [3.05, 3.63) is 17.1 Å². The fraction of sp³-hybridized carbons (Fsp3) is 0.364. The van der Waals surface area contributed by atoms with Gasteiger partial charge >= 0.3 is 5.97 Å². The van der Waals surface area contributed by atoms with Gasteiger partial charge in [0.15, 0.2) is 0 Å². The van der Waals surface area contributed by atoms with E-state index < -0.39 is 5.97 Å². The number of thiophene rings is 1. The molecule has 0 spiro atoms. The highest BCUT2D eigenvalue weighted by atomic mass is 32.1. The first-order valence-corrected chi connectivity index (χ1v) is 6.38. The summed E-state index contributed by atoms with van der Waals surface area (Å²) in [4.78, 5) is 19.3. The Morgan fingerprint density at radius 2 is 2.39 bits per heavy atom. The molecule has 2 aromatic rings. The number of aliphatic hydroxyl groups excluding tert-OH is 1. The molecule has 1 atom stereocenters. The summed E-state index contributed by atoms with van der Waals surface area (Å²) in [7, 11) is 0. The molecule has 2 heterocycles. The largest absolute Gasteiger partial charge is 0.478 e. The van der Waals surface area contributed by atoms with Crippen LogP contribution in [0.15, 0.2) is 11.6 Å². The summed E-state index contributed by atoms with van der Waals surface area (Å²) in [5, 5.41) is 22.6. The van der Waals surface area contributed by atoms with Crippen LogP contribution in [0, 0.1) is 0 Å². The van der Waals surface area contributed by atoms with E-state index in [2.05, 4.69) is 15.3 Å². The second kappa shape index (κ2) is 5.28. The summed E-state index contributed by atoms with van der Waals surface area (Å²) >= 11 is 1.30. The lowest BCUT2D eigenvalue weighted by molar-refractivity contribution is 0.0699. The van der Waals surface area contributed by atoms with Crippen molar-refractivity contribution in [3.63, 3.8) is 0 Å². The minimum Gasteiger partial charge on any atom is -0.478 e. The Bertz CT molecular complexity index is 566. The maximum atomic E-state index is 11.0. The van der Waals surface area contributed by atoms with E-state index in [1.165, 1.54) is 11.3 Å². The molecule has 3 N–H and O–H groups in total. The Morgan fingerprint density at radius 1 is 1.61 bits per heavy atom. The molecule has 0 aliphatic carbocycles. The molecule has 0 fully saturated rings. The van der Waals surface area contributed by atoms with Gasteiger partial charge in [0.05, 0.1) is 29.1 Å². The van der Waals surface area contributed by atoms with Gasteiger partial charge in [-0.05, 0) is 6.42 Å². The number of carboxylic acids is 1. The third kappa shape index (κ3) is 2.41. The lowest BCUT2D eigenvalue weighted by Crippen LogP contribution is -2.23. The fourth-order valence-electron chi connectivity index (χ4n) is 1.51. The van der Waals surface area contributed by atoms with Crippen LogP contribution in [0.25, 0.3) is 10.2 Å². The first-order chi connectivity index (χ1) is 8.65. The van der Waals surface area contributed by atoms with E-state index in [0.717, 1.165) is 11.1 Å². The van der Waals surface area contributed by atoms with Gasteiger partial charge in [-0.15, -0.1) is 11.3 Å². The molecule has 0 saturated heterocycles. The van der Waals surface area contributed by atoms with Crippen molar-refractivity contribution in [2.75, 3.05) is 11.9 Å². The summed E-state index contributed by atoms with van der Waals surface area (Å²) < 4.78 is 0.731. The lowest BCUT2D eigenvalue weighted by Gasteiger charge is -2.13. The maximum absolute atomic E-state index is 11.0. The van der Waals surface area contributed by atoms with Crippen LogP contribution in [0.5, 0.6) is 0 Å². The molecule has 0 amide bonds. The van der Waals surface area contributed by atoms with Gasteiger partial charge in [0, 0.05) is 5.38 Å². The smallest absolute Gasteiger partial charge is 0.338 e. The van der Waals surface area contributed by atoms with Crippen molar-refractivity contribution in [2.24, 2.45) is 0 Å². The van der Waals surface area contributed by atoms with Gasteiger partial charge in [0.1, 0.15) is 5.52 Å². The second-order valence-electron chi connectivity index (χ2n) is 3.79. The number of aromatic carboxylic acids is 1. The zero-order valence-electron chi connectivity index (χ0n) is 9.75. The standard InChI is InChI=1S/C11H13N3O3S/c1-2-6(4-15)13-11-12-3-8-9(14-11)7(5-18-8)10(16)17/h3,5-6,15H,2,4H2,1H3,(H,16,17)(H,12,13,14)/t6-/m0/s1. The zero-order valence-corrected chi connectivity index (χ0v) is 10.6. The Kier molecular flexibility index (Phi) is 3.73. The van der Waals surface area contributed by atoms with Crippen LogP contribution in [0.2, 0.25) is 0 Å². The molecule has 18 heavy (non-hydrogen) atoms. The van der Waals surface area contributed by atoms with Crippen LogP contribution in [0.4, 0.5) is 5.95 Å². The van der Waals surface area contributed by atoms with Crippen LogP contribution < -0.4 is 5.32 Å². The van der Waals surface area contributed by atoms with Crippen molar-refractivity contribution in [1.29, 1.82) is 0 Å². The minimum absolute atomic E-state index is 0.0205. The number of nitrogens with zero attached hydrogens (tertiary/aromatic N) is 2. The van der Waals surface area contributed by atoms with Gasteiger partial charge in [-0.2, -0.15) is 0 Å². The SMILES string of the molecule is CC[C@@H](CO)Nc1ncc2scc(C(=O)O)c2n1. The topological polar surface area (TPSA) is 95.3 Å². The quantitative estimate of drug-likeness (QED) is 0.761. The Hall–Kier alpha value is -1.73. The van der Waals surface area contributed by atoms with Gasteiger partial charge in [0.2, 0.25) is 5.95 Å². The number of anilines is 1. The second-order valence-corrected chi connectivity index (χ2v) is 4.70. The summed E-state index contributed by atoms with van der Waals surface area (Å²) in [5.74, 6) is -0.663. The Morgan fingerprint density at radius 3 is 3.00 bits per heavy atom. The van der Waals surface area contributed by atoms with Crippen LogP contribution in [0.3, 0.4) is 0 Å². The molecule has 0 aromatic carbocycles. The fourth-order valence-corrected chi connectivity index (χ4v) is 2.35. The zero-order chi connectivity index (χ0) is 13.1. The van der Waals surface area contributed by atoms with Crippen LogP contribution in [-0.4, -0.2) is 38.8 Å². The van der Waals surface area contributed by atoms with Crippen molar-refractivity contribution >= 4 is 33.5 Å². The molecule has 2 rings (SSSR count). The average Bonchev–Trinajstić information content (AvgIpc) is 2.79. The molecule has 0 saturated carbocycles. The van der Waals surface area contributed by atoms with Crippen molar-refractivity contribution in [1.82, 2.24) is 9.97 Å². The van der Waals surface area contributed by atoms with Gasteiger partial charge in [-0.3, -0.25) is 0 Å². The number of fused-ring (bicyclic) bond motifs is 1. The number of hydrogen-bond acceptors (Lipinski definition) is 6. The molecule has 2 aromatic heterocycles. The Balaban J connectivity index is 2.36. The molecule has 0 radical (unpaired) electrons. The van der Waals surface area contributed by atoms with E-state index in [-0.39, 0.29) is 18.2 Å². The molecular weight excluding hydrogens is 254 g/mol. The van der Waals surface area contributed by atoms with Gasteiger partial charge in [-0.1, -0.05) is 6.92 Å². The number of nitrogens with one attached hydrogen (secondary N) is 1. The molecule has 0 aliphatic rings. The molecule has 6 nitrogen and oxygen atoms in total. The van der Waals surface area contributed by atoms with Crippen molar-refractivity contribution in [3.8, 4) is 0 Å². The van der Waals surface area contributed by atoms with Gasteiger partial charge < -0.3 is 15.5 Å². The monoisotopic (exact) mass is 267 g/mol. The lowest BCUT2D eigenvalue weighted by atomic mass is 10.2. The minimum atomic E-state index is -1.000. The van der Waals surface area contributed by atoms with Crippen LogP contribution in [0.1, 0.15) is 23.7 Å². The number of hydrogen-bond donors (Lipinski definition) is 3. The van der Waals surface area contributed by atoms with Crippen molar-refractivity contribution in [2.45, 2.75) is 19.4 Å². The highest BCUT2D eigenvalue weighted by Gasteiger charge is 2.14. The molecule has 0 unspecified atom stereocenters. The van der Waals surface area contributed by atoms with Gasteiger partial charge in [0.25, 0.3) is 0 Å². The molecule has 0 bridgehead atoms. The summed E-state index contributed by atoms with van der Waals surface area (Å²) in [6.07, 6.45) is 2.32. The first kappa shape index (κ1) is 12.7. The number of aromatic nitrogens is 2. The Labute approximate surface area is 107 Å².